The highest BCUT2D eigenvalue weighted by Crippen LogP contribution is 2.29. The van der Waals surface area contributed by atoms with Crippen LogP contribution in [0, 0.1) is 11.8 Å². The standard InChI is InChI=1S/C13H21N5O/c1-9-3-2-4-10(12(9)14)13(19)17-5-6-18-8-15-16-11(18)7-17/h8-10,12H,2-7,14H2,1H3. The normalized spacial score (nSPS) is 31.1. The quantitative estimate of drug-likeness (QED) is 0.795. The Hall–Kier alpha value is -1.43. The van der Waals surface area contributed by atoms with Crippen LogP contribution in [0.15, 0.2) is 6.33 Å². The Balaban J connectivity index is 1.71. The summed E-state index contributed by atoms with van der Waals surface area (Å²) < 4.78 is 2.01. The van der Waals surface area contributed by atoms with E-state index in [4.69, 9.17) is 5.73 Å². The van der Waals surface area contributed by atoms with Crippen LogP contribution in [0.1, 0.15) is 32.0 Å². The minimum Gasteiger partial charge on any atom is -0.333 e. The lowest BCUT2D eigenvalue weighted by molar-refractivity contribution is -0.139. The zero-order valence-corrected chi connectivity index (χ0v) is 11.3. The van der Waals surface area contributed by atoms with Gasteiger partial charge in [0.25, 0.3) is 0 Å². The van der Waals surface area contributed by atoms with Crippen LogP contribution in [0.3, 0.4) is 0 Å². The molecular formula is C13H21N5O. The smallest absolute Gasteiger partial charge is 0.227 e. The topological polar surface area (TPSA) is 77.0 Å². The molecule has 3 rings (SSSR count). The van der Waals surface area contributed by atoms with E-state index in [2.05, 4.69) is 17.1 Å². The van der Waals surface area contributed by atoms with Crippen molar-refractivity contribution in [2.75, 3.05) is 6.54 Å². The molecule has 0 aromatic carbocycles. The van der Waals surface area contributed by atoms with Crippen LogP contribution in [0.4, 0.5) is 0 Å². The van der Waals surface area contributed by atoms with Gasteiger partial charge in [-0.3, -0.25) is 4.79 Å². The minimum atomic E-state index is -0.0155. The van der Waals surface area contributed by atoms with Crippen LogP contribution >= 0.6 is 0 Å². The zero-order valence-electron chi connectivity index (χ0n) is 11.3. The molecule has 1 amide bonds. The number of nitrogens with two attached hydrogens (primary N) is 1. The van der Waals surface area contributed by atoms with Crippen molar-refractivity contribution < 1.29 is 4.79 Å². The summed E-state index contributed by atoms with van der Waals surface area (Å²) in [6.07, 6.45) is 4.90. The van der Waals surface area contributed by atoms with Crippen LogP contribution in [0.5, 0.6) is 0 Å². The predicted molar refractivity (Wildman–Crippen MR) is 69.9 cm³/mol. The van der Waals surface area contributed by atoms with Crippen molar-refractivity contribution in [3.8, 4) is 0 Å². The lowest BCUT2D eigenvalue weighted by Gasteiger charge is -2.37. The van der Waals surface area contributed by atoms with Gasteiger partial charge in [0.05, 0.1) is 12.5 Å². The summed E-state index contributed by atoms with van der Waals surface area (Å²) in [6.45, 7) is 4.24. The van der Waals surface area contributed by atoms with Gasteiger partial charge in [0, 0.05) is 19.1 Å². The molecule has 1 aliphatic heterocycles. The van der Waals surface area contributed by atoms with Gasteiger partial charge in [-0.25, -0.2) is 0 Å². The molecule has 1 aromatic heterocycles. The molecule has 6 heteroatoms. The van der Waals surface area contributed by atoms with Gasteiger partial charge >= 0.3 is 0 Å². The Morgan fingerprint density at radius 2 is 2.26 bits per heavy atom. The SMILES string of the molecule is CC1CCCC(C(=O)N2CCn3cnnc3C2)C1N. The fourth-order valence-corrected chi connectivity index (χ4v) is 3.22. The molecule has 0 saturated heterocycles. The van der Waals surface area contributed by atoms with Crippen molar-refractivity contribution in [1.29, 1.82) is 0 Å². The van der Waals surface area contributed by atoms with Gasteiger partial charge in [0.2, 0.25) is 5.91 Å². The summed E-state index contributed by atoms with van der Waals surface area (Å²) in [6, 6.07) is 0.000969. The first kappa shape index (κ1) is 12.6. The van der Waals surface area contributed by atoms with E-state index >= 15 is 0 Å². The van der Waals surface area contributed by atoms with E-state index in [-0.39, 0.29) is 17.9 Å². The molecule has 2 N–H and O–H groups in total. The molecule has 0 bridgehead atoms. The maximum absolute atomic E-state index is 12.6. The molecule has 1 aliphatic carbocycles. The van der Waals surface area contributed by atoms with E-state index in [1.54, 1.807) is 6.33 Å². The van der Waals surface area contributed by atoms with Crippen LogP contribution in [-0.4, -0.2) is 38.2 Å². The second-order valence-corrected chi connectivity index (χ2v) is 5.79. The van der Waals surface area contributed by atoms with E-state index in [1.165, 1.54) is 0 Å². The highest BCUT2D eigenvalue weighted by Gasteiger charge is 2.36. The van der Waals surface area contributed by atoms with E-state index in [1.807, 2.05) is 9.47 Å². The summed E-state index contributed by atoms with van der Waals surface area (Å²) >= 11 is 0. The molecule has 3 atom stereocenters. The van der Waals surface area contributed by atoms with Crippen LogP contribution in [0.25, 0.3) is 0 Å². The third-order valence-corrected chi connectivity index (χ3v) is 4.56. The molecule has 1 fully saturated rings. The molecule has 2 aliphatic rings. The first-order chi connectivity index (χ1) is 9.16. The van der Waals surface area contributed by atoms with E-state index in [9.17, 15) is 4.79 Å². The number of aromatic nitrogens is 3. The van der Waals surface area contributed by atoms with Gasteiger partial charge in [-0.2, -0.15) is 0 Å². The van der Waals surface area contributed by atoms with Gasteiger partial charge in [-0.1, -0.05) is 13.3 Å². The van der Waals surface area contributed by atoms with Crippen molar-refractivity contribution >= 4 is 5.91 Å². The van der Waals surface area contributed by atoms with Gasteiger partial charge in [-0.15, -0.1) is 10.2 Å². The lowest BCUT2D eigenvalue weighted by atomic mass is 9.77. The number of nitrogens with zero attached hydrogens (tertiary/aromatic N) is 4. The van der Waals surface area contributed by atoms with Crippen molar-refractivity contribution in [3.05, 3.63) is 12.2 Å². The Labute approximate surface area is 113 Å². The number of hydrogen-bond acceptors (Lipinski definition) is 4. The third-order valence-electron chi connectivity index (χ3n) is 4.56. The number of hydrogen-bond donors (Lipinski definition) is 1. The molecule has 1 saturated carbocycles. The van der Waals surface area contributed by atoms with Crippen LogP contribution < -0.4 is 5.73 Å². The predicted octanol–water partition coefficient (Wildman–Crippen LogP) is 0.384. The zero-order chi connectivity index (χ0) is 13.4. The Morgan fingerprint density at radius 3 is 3.11 bits per heavy atom. The molecule has 0 spiro atoms. The number of carbonyl (C=O) groups is 1. The maximum Gasteiger partial charge on any atom is 0.227 e. The fourth-order valence-electron chi connectivity index (χ4n) is 3.22. The number of rotatable bonds is 1. The second kappa shape index (κ2) is 4.92. The van der Waals surface area contributed by atoms with Crippen LogP contribution in [0.2, 0.25) is 0 Å². The minimum absolute atomic E-state index is 0.000969. The highest BCUT2D eigenvalue weighted by atomic mass is 16.2. The first-order valence-electron chi connectivity index (χ1n) is 7.08. The Bertz CT molecular complexity index is 471. The molecule has 0 radical (unpaired) electrons. The van der Waals surface area contributed by atoms with E-state index in [0.717, 1.165) is 38.2 Å². The maximum atomic E-state index is 12.6. The molecule has 19 heavy (non-hydrogen) atoms. The summed E-state index contributed by atoms with van der Waals surface area (Å²) in [5, 5.41) is 7.94. The van der Waals surface area contributed by atoms with Crippen LogP contribution in [-0.2, 0) is 17.9 Å². The van der Waals surface area contributed by atoms with Gasteiger partial charge in [-0.05, 0) is 18.8 Å². The fraction of sp³-hybridized carbons (Fsp3) is 0.769. The number of amides is 1. The lowest BCUT2D eigenvalue weighted by Crippen LogP contribution is -2.50. The molecule has 6 nitrogen and oxygen atoms in total. The Kier molecular flexibility index (Phi) is 3.26. The summed E-state index contributed by atoms with van der Waals surface area (Å²) in [7, 11) is 0. The van der Waals surface area contributed by atoms with Gasteiger partial charge in [0.15, 0.2) is 5.82 Å². The molecule has 2 heterocycles. The Morgan fingerprint density at radius 1 is 1.42 bits per heavy atom. The van der Waals surface area contributed by atoms with Crippen molar-refractivity contribution in [1.82, 2.24) is 19.7 Å². The van der Waals surface area contributed by atoms with Crippen molar-refractivity contribution in [2.45, 2.75) is 45.3 Å². The summed E-state index contributed by atoms with van der Waals surface area (Å²) in [4.78, 5) is 14.5. The summed E-state index contributed by atoms with van der Waals surface area (Å²) in [5.41, 5.74) is 6.22. The number of carbonyl (C=O) groups excluding carboxylic acids is 1. The monoisotopic (exact) mass is 263 g/mol. The van der Waals surface area contributed by atoms with E-state index < -0.39 is 0 Å². The van der Waals surface area contributed by atoms with Crippen molar-refractivity contribution in [2.24, 2.45) is 17.6 Å². The highest BCUT2D eigenvalue weighted by molar-refractivity contribution is 5.79. The van der Waals surface area contributed by atoms with Gasteiger partial charge < -0.3 is 15.2 Å². The molecule has 3 unspecified atom stereocenters. The number of fused-ring (bicyclic) bond motifs is 1. The average molecular weight is 263 g/mol. The largest absolute Gasteiger partial charge is 0.333 e. The average Bonchev–Trinajstić information content (AvgIpc) is 2.88. The summed E-state index contributed by atoms with van der Waals surface area (Å²) in [5.74, 6) is 1.50. The van der Waals surface area contributed by atoms with Crippen molar-refractivity contribution in [3.63, 3.8) is 0 Å². The first-order valence-corrected chi connectivity index (χ1v) is 7.08. The second-order valence-electron chi connectivity index (χ2n) is 5.79. The van der Waals surface area contributed by atoms with Gasteiger partial charge in [0.1, 0.15) is 6.33 Å². The van der Waals surface area contributed by atoms with E-state index in [0.29, 0.717) is 12.5 Å². The molecular weight excluding hydrogens is 242 g/mol. The third kappa shape index (κ3) is 2.25. The molecule has 104 valence electrons. The molecule has 1 aromatic rings.